The average Bonchev–Trinajstić information content (AvgIpc) is 2.54. The van der Waals surface area contributed by atoms with E-state index in [1.807, 2.05) is 0 Å². The van der Waals surface area contributed by atoms with E-state index in [-0.39, 0.29) is 11.4 Å². The van der Waals surface area contributed by atoms with E-state index in [0.717, 1.165) is 28.6 Å². The monoisotopic (exact) mass is 337 g/mol. The van der Waals surface area contributed by atoms with Gasteiger partial charge >= 0.3 is 6.18 Å². The van der Waals surface area contributed by atoms with Gasteiger partial charge in [0.05, 0.1) is 16.8 Å². The van der Waals surface area contributed by atoms with E-state index in [0.29, 0.717) is 15.8 Å². The van der Waals surface area contributed by atoms with Gasteiger partial charge in [-0.3, -0.25) is 4.79 Å². The number of hydrogen-bond acceptors (Lipinski definition) is 4. The number of rotatable bonds is 3. The van der Waals surface area contributed by atoms with Crippen molar-refractivity contribution in [2.75, 3.05) is 0 Å². The minimum atomic E-state index is -4.39. The Labute approximate surface area is 132 Å². The lowest BCUT2D eigenvalue weighted by atomic mass is 10.2. The number of hydrogen-bond donors (Lipinski definition) is 0. The Morgan fingerprint density at radius 1 is 1.09 bits per heavy atom. The third-order valence-corrected chi connectivity index (χ3v) is 4.11. The van der Waals surface area contributed by atoms with Gasteiger partial charge < -0.3 is 0 Å². The first-order chi connectivity index (χ1) is 10.9. The molecule has 0 aliphatic carbocycles. The van der Waals surface area contributed by atoms with Gasteiger partial charge in [0, 0.05) is 4.90 Å². The van der Waals surface area contributed by atoms with Crippen molar-refractivity contribution in [3.8, 4) is 0 Å². The maximum atomic E-state index is 12.7. The summed E-state index contributed by atoms with van der Waals surface area (Å²) in [6, 6.07) is 11.7. The van der Waals surface area contributed by atoms with Gasteiger partial charge in [-0.15, -0.1) is 16.9 Å². The second-order valence-electron chi connectivity index (χ2n) is 4.71. The van der Waals surface area contributed by atoms with Crippen molar-refractivity contribution >= 4 is 22.7 Å². The fourth-order valence-corrected chi connectivity index (χ4v) is 2.83. The smallest absolute Gasteiger partial charge is 0.267 e. The molecule has 0 spiro atoms. The lowest BCUT2D eigenvalue weighted by molar-refractivity contribution is -0.137. The summed E-state index contributed by atoms with van der Waals surface area (Å²) in [6.45, 7) is 0. The summed E-state index contributed by atoms with van der Waals surface area (Å²) in [5, 5.41) is 8.16. The third-order valence-electron chi connectivity index (χ3n) is 3.14. The number of nitrogens with zero attached hydrogens (tertiary/aromatic N) is 3. The number of alkyl halides is 3. The molecule has 4 nitrogen and oxygen atoms in total. The zero-order valence-corrected chi connectivity index (χ0v) is 12.4. The van der Waals surface area contributed by atoms with Crippen LogP contribution in [0.25, 0.3) is 10.9 Å². The van der Waals surface area contributed by atoms with Gasteiger partial charge in [0.1, 0.15) is 5.52 Å². The molecule has 8 heteroatoms. The predicted molar refractivity (Wildman–Crippen MR) is 81.1 cm³/mol. The van der Waals surface area contributed by atoms with Crippen molar-refractivity contribution in [1.29, 1.82) is 0 Å². The van der Waals surface area contributed by atoms with Gasteiger partial charge in [0.25, 0.3) is 5.56 Å². The van der Waals surface area contributed by atoms with Crippen LogP contribution in [0.3, 0.4) is 0 Å². The van der Waals surface area contributed by atoms with E-state index >= 15 is 0 Å². The Balaban J connectivity index is 1.84. The van der Waals surface area contributed by atoms with E-state index in [4.69, 9.17) is 0 Å². The first-order valence-corrected chi connectivity index (χ1v) is 7.56. The van der Waals surface area contributed by atoms with Gasteiger partial charge in [0.15, 0.2) is 0 Å². The zero-order valence-electron chi connectivity index (χ0n) is 11.6. The molecule has 0 bridgehead atoms. The van der Waals surface area contributed by atoms with Crippen LogP contribution in [0.15, 0.2) is 58.2 Å². The zero-order chi connectivity index (χ0) is 16.4. The lowest BCUT2D eigenvalue weighted by Gasteiger charge is -2.09. The second-order valence-corrected chi connectivity index (χ2v) is 5.73. The third kappa shape index (κ3) is 3.37. The van der Waals surface area contributed by atoms with Crippen LogP contribution in [0, 0.1) is 0 Å². The molecule has 0 saturated carbocycles. The summed E-state index contributed by atoms with van der Waals surface area (Å²) in [4.78, 5) is 12.6. The molecule has 0 N–H and O–H groups in total. The summed E-state index contributed by atoms with van der Waals surface area (Å²) in [5.74, 6) is 0.0813. The summed E-state index contributed by atoms with van der Waals surface area (Å²) in [7, 11) is 0. The van der Waals surface area contributed by atoms with Gasteiger partial charge in [-0.05, 0) is 30.3 Å². The molecule has 118 valence electrons. The van der Waals surface area contributed by atoms with Gasteiger partial charge in [0.2, 0.25) is 0 Å². The highest BCUT2D eigenvalue weighted by molar-refractivity contribution is 7.98. The Hall–Kier alpha value is -2.35. The molecule has 2 aromatic carbocycles. The van der Waals surface area contributed by atoms with Crippen molar-refractivity contribution in [1.82, 2.24) is 15.0 Å². The molecule has 1 heterocycles. The van der Waals surface area contributed by atoms with Crippen molar-refractivity contribution in [3.63, 3.8) is 0 Å². The van der Waals surface area contributed by atoms with Gasteiger partial charge in [-0.2, -0.15) is 13.2 Å². The summed E-state index contributed by atoms with van der Waals surface area (Å²) >= 11 is 1.09. The van der Waals surface area contributed by atoms with E-state index < -0.39 is 11.7 Å². The maximum absolute atomic E-state index is 12.7. The van der Waals surface area contributed by atoms with Crippen molar-refractivity contribution in [3.05, 3.63) is 64.4 Å². The van der Waals surface area contributed by atoms with E-state index in [2.05, 4.69) is 10.3 Å². The number of aromatic nitrogens is 3. The minimum Gasteiger partial charge on any atom is -0.267 e. The fourth-order valence-electron chi connectivity index (χ4n) is 2.01. The molecule has 23 heavy (non-hydrogen) atoms. The van der Waals surface area contributed by atoms with Crippen LogP contribution in [-0.2, 0) is 12.1 Å². The lowest BCUT2D eigenvalue weighted by Crippen LogP contribution is -2.23. The highest BCUT2D eigenvalue weighted by Crippen LogP contribution is 2.32. The van der Waals surface area contributed by atoms with Crippen LogP contribution in [0.4, 0.5) is 13.2 Å². The van der Waals surface area contributed by atoms with Gasteiger partial charge in [-0.25, -0.2) is 4.68 Å². The fraction of sp³-hybridized carbons (Fsp3) is 0.133. The van der Waals surface area contributed by atoms with Crippen LogP contribution < -0.4 is 5.56 Å². The molecule has 0 unspecified atom stereocenters. The first-order valence-electron chi connectivity index (χ1n) is 6.58. The normalized spacial score (nSPS) is 11.8. The molecule has 3 rings (SSSR count). The molecule has 0 amide bonds. The molecule has 0 aliphatic heterocycles. The highest BCUT2D eigenvalue weighted by Gasteiger charge is 2.30. The molecule has 3 aromatic rings. The summed E-state index contributed by atoms with van der Waals surface area (Å²) in [5.41, 5.74) is -0.563. The van der Waals surface area contributed by atoms with Crippen LogP contribution in [0.2, 0.25) is 0 Å². The molecule has 0 saturated heterocycles. The van der Waals surface area contributed by atoms with Crippen LogP contribution in [-0.4, -0.2) is 15.0 Å². The maximum Gasteiger partial charge on any atom is 0.416 e. The molecule has 1 aromatic heterocycles. The summed E-state index contributed by atoms with van der Waals surface area (Å²) in [6.07, 6.45) is -4.39. The number of thioether (sulfide) groups is 1. The van der Waals surface area contributed by atoms with Crippen molar-refractivity contribution in [2.24, 2.45) is 0 Å². The topological polar surface area (TPSA) is 47.8 Å². The van der Waals surface area contributed by atoms with Crippen LogP contribution >= 0.6 is 11.8 Å². The molecule has 0 radical (unpaired) electrons. The quantitative estimate of drug-likeness (QED) is 0.686. The first kappa shape index (κ1) is 15.5. The second kappa shape index (κ2) is 6.04. The van der Waals surface area contributed by atoms with Crippen molar-refractivity contribution in [2.45, 2.75) is 16.9 Å². The largest absolute Gasteiger partial charge is 0.416 e. The minimum absolute atomic E-state index is 0.0813. The highest BCUT2D eigenvalue weighted by atomic mass is 32.2. The molecule has 0 aliphatic rings. The molecule has 0 atom stereocenters. The Morgan fingerprint density at radius 2 is 1.87 bits per heavy atom. The standard InChI is InChI=1S/C15H10F3N3OS/c16-15(17,18)10-4-3-5-11(8-10)23-9-21-14(22)12-6-1-2-7-13(12)19-20-21/h1-8H,9H2. The number of benzene rings is 2. The molecular formula is C15H10F3N3OS. The molecular weight excluding hydrogens is 327 g/mol. The Kier molecular flexibility index (Phi) is 4.08. The van der Waals surface area contributed by atoms with E-state index in [9.17, 15) is 18.0 Å². The predicted octanol–water partition coefficient (Wildman–Crippen LogP) is 3.56. The molecule has 0 fully saturated rings. The average molecular weight is 337 g/mol. The van der Waals surface area contributed by atoms with Crippen LogP contribution in [0.1, 0.15) is 5.56 Å². The Bertz CT molecular complexity index is 908. The van der Waals surface area contributed by atoms with Crippen LogP contribution in [0.5, 0.6) is 0 Å². The number of halogens is 3. The SMILES string of the molecule is O=c1c2ccccc2nnn1CSc1cccc(C(F)(F)F)c1. The van der Waals surface area contributed by atoms with E-state index in [1.165, 1.54) is 6.07 Å². The Morgan fingerprint density at radius 3 is 2.65 bits per heavy atom. The van der Waals surface area contributed by atoms with Gasteiger partial charge in [-0.1, -0.05) is 23.4 Å². The summed E-state index contributed by atoms with van der Waals surface area (Å²) < 4.78 is 39.2. The van der Waals surface area contributed by atoms with E-state index in [1.54, 1.807) is 30.3 Å². The number of fused-ring (bicyclic) bond motifs is 1. The van der Waals surface area contributed by atoms with Crippen molar-refractivity contribution < 1.29 is 13.2 Å².